The third-order valence-corrected chi connectivity index (χ3v) is 2.60. The van der Waals surface area contributed by atoms with Gasteiger partial charge in [0.15, 0.2) is 0 Å². The van der Waals surface area contributed by atoms with E-state index in [2.05, 4.69) is 5.32 Å². The maximum Gasteiger partial charge on any atom is 0.203 e. The van der Waals surface area contributed by atoms with Gasteiger partial charge in [0.2, 0.25) is 5.76 Å². The molecule has 2 aromatic rings. The van der Waals surface area contributed by atoms with Gasteiger partial charge in [-0.2, -0.15) is 5.26 Å². The van der Waals surface area contributed by atoms with Crippen LogP contribution in [-0.4, -0.2) is 11.7 Å². The standard InChI is InChI=1S/C14H14N2O2/c15-9-13-5-6-14(18-13)10-16-8-7-11-1-3-12(17)4-2-11/h1-6,16-17H,7-8,10H2. The molecule has 0 saturated heterocycles. The van der Waals surface area contributed by atoms with Crippen molar-refractivity contribution in [3.63, 3.8) is 0 Å². The van der Waals surface area contributed by atoms with Gasteiger partial charge in [-0.1, -0.05) is 12.1 Å². The molecule has 0 unspecified atom stereocenters. The zero-order chi connectivity index (χ0) is 12.8. The van der Waals surface area contributed by atoms with Gasteiger partial charge in [0.1, 0.15) is 17.6 Å². The lowest BCUT2D eigenvalue weighted by atomic mass is 10.1. The number of furan rings is 1. The molecular weight excluding hydrogens is 228 g/mol. The Kier molecular flexibility index (Phi) is 4.00. The molecule has 0 saturated carbocycles. The molecule has 1 aromatic heterocycles. The molecule has 4 nitrogen and oxygen atoms in total. The van der Waals surface area contributed by atoms with Crippen molar-refractivity contribution in [2.75, 3.05) is 6.54 Å². The lowest BCUT2D eigenvalue weighted by Gasteiger charge is -2.03. The lowest BCUT2D eigenvalue weighted by Crippen LogP contribution is -2.16. The van der Waals surface area contributed by atoms with Crippen LogP contribution in [0.4, 0.5) is 0 Å². The number of benzene rings is 1. The topological polar surface area (TPSA) is 69.2 Å². The molecule has 92 valence electrons. The minimum Gasteiger partial charge on any atom is -0.508 e. The normalized spacial score (nSPS) is 10.2. The highest BCUT2D eigenvalue weighted by Crippen LogP contribution is 2.10. The Morgan fingerprint density at radius 3 is 2.61 bits per heavy atom. The minimum absolute atomic E-state index is 0.284. The third kappa shape index (κ3) is 3.37. The Bertz CT molecular complexity index is 538. The molecule has 0 aliphatic heterocycles. The molecule has 0 bridgehead atoms. The van der Waals surface area contributed by atoms with Crippen molar-refractivity contribution in [1.82, 2.24) is 5.32 Å². The molecule has 0 aliphatic rings. The third-order valence-electron chi connectivity index (χ3n) is 2.60. The van der Waals surface area contributed by atoms with Gasteiger partial charge < -0.3 is 14.8 Å². The molecule has 18 heavy (non-hydrogen) atoms. The van der Waals surface area contributed by atoms with Crippen LogP contribution in [-0.2, 0) is 13.0 Å². The summed E-state index contributed by atoms with van der Waals surface area (Å²) in [7, 11) is 0. The molecule has 0 radical (unpaired) electrons. The number of nitrogens with zero attached hydrogens (tertiary/aromatic N) is 1. The van der Waals surface area contributed by atoms with Gasteiger partial charge in [-0.25, -0.2) is 0 Å². The summed E-state index contributed by atoms with van der Waals surface area (Å²) < 4.78 is 5.24. The van der Waals surface area contributed by atoms with Gasteiger partial charge in [-0.3, -0.25) is 0 Å². The number of nitrogens with one attached hydrogen (secondary N) is 1. The molecule has 0 aliphatic carbocycles. The highest BCUT2D eigenvalue weighted by Gasteiger charge is 2.00. The first-order valence-corrected chi connectivity index (χ1v) is 5.75. The number of hydrogen-bond donors (Lipinski definition) is 2. The average Bonchev–Trinajstić information content (AvgIpc) is 2.85. The number of nitriles is 1. The van der Waals surface area contributed by atoms with Crippen molar-refractivity contribution in [1.29, 1.82) is 5.26 Å². The SMILES string of the molecule is N#Cc1ccc(CNCCc2ccc(O)cc2)o1. The number of phenolic OH excluding ortho intramolecular Hbond substituents is 1. The van der Waals surface area contributed by atoms with Crippen LogP contribution in [0.5, 0.6) is 5.75 Å². The molecule has 0 fully saturated rings. The second kappa shape index (κ2) is 5.89. The van der Waals surface area contributed by atoms with Crippen LogP contribution in [0.3, 0.4) is 0 Å². The van der Waals surface area contributed by atoms with Crippen molar-refractivity contribution >= 4 is 0 Å². The predicted molar refractivity (Wildman–Crippen MR) is 66.9 cm³/mol. The molecule has 0 atom stereocenters. The summed E-state index contributed by atoms with van der Waals surface area (Å²) in [4.78, 5) is 0. The van der Waals surface area contributed by atoms with E-state index in [0.29, 0.717) is 12.3 Å². The largest absolute Gasteiger partial charge is 0.508 e. The molecule has 1 aromatic carbocycles. The molecular formula is C14H14N2O2. The fourth-order valence-corrected chi connectivity index (χ4v) is 1.64. The van der Waals surface area contributed by atoms with Crippen LogP contribution in [0.1, 0.15) is 17.1 Å². The van der Waals surface area contributed by atoms with Crippen molar-refractivity contribution in [2.45, 2.75) is 13.0 Å². The maximum atomic E-state index is 9.15. The quantitative estimate of drug-likeness (QED) is 0.788. The van der Waals surface area contributed by atoms with Crippen LogP contribution in [0, 0.1) is 11.3 Å². The Hall–Kier alpha value is -2.25. The summed E-state index contributed by atoms with van der Waals surface area (Å²) in [5, 5.41) is 21.0. The summed E-state index contributed by atoms with van der Waals surface area (Å²) in [5.74, 6) is 1.38. The molecule has 0 amide bonds. The van der Waals surface area contributed by atoms with E-state index < -0.39 is 0 Å². The van der Waals surface area contributed by atoms with Gasteiger partial charge in [0.05, 0.1) is 6.54 Å². The summed E-state index contributed by atoms with van der Waals surface area (Å²) >= 11 is 0. The van der Waals surface area contributed by atoms with Crippen LogP contribution in [0.2, 0.25) is 0 Å². The highest BCUT2D eigenvalue weighted by molar-refractivity contribution is 5.26. The number of rotatable bonds is 5. The molecule has 2 rings (SSSR count). The van der Waals surface area contributed by atoms with Gasteiger partial charge in [-0.05, 0) is 42.8 Å². The van der Waals surface area contributed by atoms with Crippen LogP contribution < -0.4 is 5.32 Å². The highest BCUT2D eigenvalue weighted by atomic mass is 16.3. The molecule has 1 heterocycles. The van der Waals surface area contributed by atoms with Crippen molar-refractivity contribution in [2.24, 2.45) is 0 Å². The van der Waals surface area contributed by atoms with Crippen molar-refractivity contribution in [3.8, 4) is 11.8 Å². The Balaban J connectivity index is 1.73. The van der Waals surface area contributed by atoms with Crippen LogP contribution >= 0.6 is 0 Å². The average molecular weight is 242 g/mol. The summed E-state index contributed by atoms with van der Waals surface area (Å²) in [6, 6.07) is 12.6. The summed E-state index contributed by atoms with van der Waals surface area (Å²) in [6.07, 6.45) is 0.881. The van der Waals surface area contributed by atoms with Crippen molar-refractivity contribution < 1.29 is 9.52 Å². The number of aromatic hydroxyl groups is 1. The Labute approximate surface area is 105 Å². The predicted octanol–water partition coefficient (Wildman–Crippen LogP) is 2.19. The zero-order valence-corrected chi connectivity index (χ0v) is 9.89. The van der Waals surface area contributed by atoms with Crippen LogP contribution in [0.25, 0.3) is 0 Å². The Morgan fingerprint density at radius 2 is 1.94 bits per heavy atom. The first-order valence-electron chi connectivity index (χ1n) is 5.75. The lowest BCUT2D eigenvalue weighted by molar-refractivity contribution is 0.473. The Morgan fingerprint density at radius 1 is 1.17 bits per heavy atom. The minimum atomic E-state index is 0.284. The van der Waals surface area contributed by atoms with E-state index in [1.165, 1.54) is 0 Å². The fourth-order valence-electron chi connectivity index (χ4n) is 1.64. The van der Waals surface area contributed by atoms with E-state index in [0.717, 1.165) is 24.3 Å². The zero-order valence-electron chi connectivity index (χ0n) is 9.89. The van der Waals surface area contributed by atoms with E-state index in [1.54, 1.807) is 24.3 Å². The van der Waals surface area contributed by atoms with Crippen molar-refractivity contribution in [3.05, 3.63) is 53.5 Å². The van der Waals surface area contributed by atoms with E-state index in [1.807, 2.05) is 18.2 Å². The van der Waals surface area contributed by atoms with Gasteiger partial charge in [0, 0.05) is 0 Å². The molecule has 2 N–H and O–H groups in total. The van der Waals surface area contributed by atoms with E-state index in [4.69, 9.17) is 14.8 Å². The molecule has 0 spiro atoms. The van der Waals surface area contributed by atoms with E-state index in [-0.39, 0.29) is 5.75 Å². The smallest absolute Gasteiger partial charge is 0.203 e. The van der Waals surface area contributed by atoms with Crippen LogP contribution in [0.15, 0.2) is 40.8 Å². The summed E-state index contributed by atoms with van der Waals surface area (Å²) in [6.45, 7) is 1.42. The number of phenols is 1. The first-order chi connectivity index (χ1) is 8.78. The van der Waals surface area contributed by atoms with Gasteiger partial charge >= 0.3 is 0 Å². The van der Waals surface area contributed by atoms with Gasteiger partial charge in [-0.15, -0.1) is 0 Å². The molecule has 4 heteroatoms. The first kappa shape index (κ1) is 12.2. The second-order valence-electron chi connectivity index (χ2n) is 3.97. The van der Waals surface area contributed by atoms with E-state index >= 15 is 0 Å². The second-order valence-corrected chi connectivity index (χ2v) is 3.97. The number of hydrogen-bond acceptors (Lipinski definition) is 4. The van der Waals surface area contributed by atoms with E-state index in [9.17, 15) is 0 Å². The van der Waals surface area contributed by atoms with Gasteiger partial charge in [0.25, 0.3) is 0 Å². The summed E-state index contributed by atoms with van der Waals surface area (Å²) in [5.41, 5.74) is 1.16. The maximum absolute atomic E-state index is 9.15. The fraction of sp³-hybridized carbons (Fsp3) is 0.214. The monoisotopic (exact) mass is 242 g/mol.